The van der Waals surface area contributed by atoms with Crippen LogP contribution in [0.4, 0.5) is 5.69 Å². The first-order valence-electron chi connectivity index (χ1n) is 3.54. The normalized spacial score (nSPS) is 20.8. The summed E-state index contributed by atoms with van der Waals surface area (Å²) in [6, 6.07) is 0. The molecule has 1 aliphatic heterocycles. The number of nitrogens with zero attached hydrogens (tertiary/aromatic N) is 3. The van der Waals surface area contributed by atoms with Crippen molar-refractivity contribution in [3.8, 4) is 0 Å². The predicted octanol–water partition coefficient (Wildman–Crippen LogP) is 0.190. The molecule has 1 aromatic rings. The molecule has 1 saturated heterocycles. The van der Waals surface area contributed by atoms with Crippen LogP contribution in [0.1, 0.15) is 0 Å². The molecule has 0 aliphatic carbocycles. The van der Waals surface area contributed by atoms with Crippen LogP contribution in [0.15, 0.2) is 12.4 Å². The summed E-state index contributed by atoms with van der Waals surface area (Å²) in [6.07, 6.45) is 2.84. The monoisotopic (exact) mass is 169 g/mol. The SMILES string of the molecule is O=[N+]([O-])c1cnn(C[C@@H]2CO2)c1. The van der Waals surface area contributed by atoms with Gasteiger partial charge in [-0.3, -0.25) is 14.8 Å². The van der Waals surface area contributed by atoms with E-state index in [9.17, 15) is 10.1 Å². The highest BCUT2D eigenvalue weighted by atomic mass is 16.6. The minimum atomic E-state index is -0.461. The summed E-state index contributed by atoms with van der Waals surface area (Å²) in [5.74, 6) is 0. The minimum absolute atomic E-state index is 0.0238. The third-order valence-corrected chi connectivity index (χ3v) is 1.62. The van der Waals surface area contributed by atoms with Crippen LogP contribution in [0.2, 0.25) is 0 Å². The van der Waals surface area contributed by atoms with Gasteiger partial charge in [-0.15, -0.1) is 0 Å². The van der Waals surface area contributed by atoms with E-state index in [0.29, 0.717) is 6.54 Å². The summed E-state index contributed by atoms with van der Waals surface area (Å²) >= 11 is 0. The lowest BCUT2D eigenvalue weighted by atomic mass is 10.5. The predicted molar refractivity (Wildman–Crippen MR) is 38.6 cm³/mol. The van der Waals surface area contributed by atoms with Gasteiger partial charge in [-0.05, 0) is 0 Å². The summed E-state index contributed by atoms with van der Waals surface area (Å²) in [6.45, 7) is 1.33. The van der Waals surface area contributed by atoms with Crippen molar-refractivity contribution in [2.45, 2.75) is 12.6 Å². The molecule has 0 bridgehead atoms. The molecule has 1 aliphatic rings. The van der Waals surface area contributed by atoms with E-state index >= 15 is 0 Å². The fraction of sp³-hybridized carbons (Fsp3) is 0.500. The lowest BCUT2D eigenvalue weighted by Crippen LogP contribution is -2.03. The van der Waals surface area contributed by atoms with Crippen molar-refractivity contribution in [1.82, 2.24) is 9.78 Å². The van der Waals surface area contributed by atoms with Crippen LogP contribution >= 0.6 is 0 Å². The zero-order valence-corrected chi connectivity index (χ0v) is 6.21. The smallest absolute Gasteiger partial charge is 0.306 e. The molecule has 0 saturated carbocycles. The minimum Gasteiger partial charge on any atom is -0.371 e. The molecule has 1 atom stereocenters. The highest BCUT2D eigenvalue weighted by Crippen LogP contribution is 2.13. The molecule has 0 spiro atoms. The van der Waals surface area contributed by atoms with Gasteiger partial charge in [0.1, 0.15) is 18.5 Å². The van der Waals surface area contributed by atoms with Crippen molar-refractivity contribution < 1.29 is 9.66 Å². The van der Waals surface area contributed by atoms with Crippen LogP contribution in [-0.2, 0) is 11.3 Å². The third-order valence-electron chi connectivity index (χ3n) is 1.62. The van der Waals surface area contributed by atoms with Gasteiger partial charge in [-0.25, -0.2) is 0 Å². The van der Waals surface area contributed by atoms with Crippen LogP contribution in [0.3, 0.4) is 0 Å². The summed E-state index contributed by atoms with van der Waals surface area (Å²) in [5.41, 5.74) is 0.0238. The van der Waals surface area contributed by atoms with Gasteiger partial charge in [0, 0.05) is 0 Å². The Morgan fingerprint density at radius 1 is 1.92 bits per heavy atom. The van der Waals surface area contributed by atoms with Crippen molar-refractivity contribution in [2.75, 3.05) is 6.61 Å². The zero-order chi connectivity index (χ0) is 8.55. The average Bonchev–Trinajstić information content (AvgIpc) is 2.66. The Morgan fingerprint density at radius 3 is 3.17 bits per heavy atom. The quantitative estimate of drug-likeness (QED) is 0.367. The second-order valence-corrected chi connectivity index (χ2v) is 2.63. The van der Waals surface area contributed by atoms with Crippen LogP contribution in [0, 0.1) is 10.1 Å². The number of aromatic nitrogens is 2. The fourth-order valence-electron chi connectivity index (χ4n) is 0.929. The maximum Gasteiger partial charge on any atom is 0.306 e. The molecule has 2 rings (SSSR count). The zero-order valence-electron chi connectivity index (χ0n) is 6.21. The lowest BCUT2D eigenvalue weighted by molar-refractivity contribution is -0.385. The first kappa shape index (κ1) is 7.23. The molecule has 6 nitrogen and oxygen atoms in total. The topological polar surface area (TPSA) is 73.5 Å². The van der Waals surface area contributed by atoms with Crippen molar-refractivity contribution in [1.29, 1.82) is 0 Å². The molecule has 64 valence electrons. The van der Waals surface area contributed by atoms with Gasteiger partial charge in [-0.1, -0.05) is 0 Å². The Bertz CT molecular complexity index is 305. The maximum atomic E-state index is 10.2. The van der Waals surface area contributed by atoms with Crippen LogP contribution in [0.25, 0.3) is 0 Å². The first-order valence-corrected chi connectivity index (χ1v) is 3.54. The standard InChI is InChI=1S/C6H7N3O3/c10-9(11)5-1-7-8(2-5)3-6-4-12-6/h1-2,6H,3-4H2/t6-/m1/s1. The summed E-state index contributed by atoms with van der Waals surface area (Å²) in [4.78, 5) is 9.78. The summed E-state index contributed by atoms with van der Waals surface area (Å²) in [5, 5.41) is 14.0. The Morgan fingerprint density at radius 2 is 2.67 bits per heavy atom. The second-order valence-electron chi connectivity index (χ2n) is 2.63. The van der Waals surface area contributed by atoms with Gasteiger partial charge < -0.3 is 4.74 Å². The van der Waals surface area contributed by atoms with Gasteiger partial charge in [-0.2, -0.15) is 5.10 Å². The highest BCUT2D eigenvalue weighted by molar-refractivity contribution is 5.20. The van der Waals surface area contributed by atoms with E-state index in [2.05, 4.69) is 5.10 Å². The van der Waals surface area contributed by atoms with Gasteiger partial charge in [0.2, 0.25) is 0 Å². The Kier molecular flexibility index (Phi) is 1.54. The van der Waals surface area contributed by atoms with E-state index in [4.69, 9.17) is 4.74 Å². The van der Waals surface area contributed by atoms with Gasteiger partial charge >= 0.3 is 5.69 Å². The van der Waals surface area contributed by atoms with Gasteiger partial charge in [0.25, 0.3) is 0 Å². The second kappa shape index (κ2) is 2.56. The van der Waals surface area contributed by atoms with Crippen LogP contribution in [-0.4, -0.2) is 27.4 Å². The number of ether oxygens (including phenoxy) is 1. The van der Waals surface area contributed by atoms with Crippen LogP contribution < -0.4 is 0 Å². The molecule has 0 amide bonds. The van der Waals surface area contributed by atoms with E-state index in [1.807, 2.05) is 0 Å². The Balaban J connectivity index is 2.06. The molecule has 1 fully saturated rings. The molecular weight excluding hydrogens is 162 g/mol. The molecule has 2 heterocycles. The van der Waals surface area contributed by atoms with Crippen molar-refractivity contribution >= 4 is 5.69 Å². The number of hydrogen-bond donors (Lipinski definition) is 0. The van der Waals surface area contributed by atoms with E-state index in [0.717, 1.165) is 6.61 Å². The van der Waals surface area contributed by atoms with Gasteiger partial charge in [0.05, 0.1) is 18.1 Å². The third kappa shape index (κ3) is 1.42. The fourth-order valence-corrected chi connectivity index (χ4v) is 0.929. The molecule has 12 heavy (non-hydrogen) atoms. The van der Waals surface area contributed by atoms with E-state index in [1.54, 1.807) is 0 Å². The van der Waals surface area contributed by atoms with E-state index in [1.165, 1.54) is 17.1 Å². The largest absolute Gasteiger partial charge is 0.371 e. The Hall–Kier alpha value is -1.43. The highest BCUT2D eigenvalue weighted by Gasteiger charge is 2.23. The van der Waals surface area contributed by atoms with Crippen molar-refractivity contribution in [2.24, 2.45) is 0 Å². The maximum absolute atomic E-state index is 10.2. The van der Waals surface area contributed by atoms with Crippen molar-refractivity contribution in [3.05, 3.63) is 22.5 Å². The van der Waals surface area contributed by atoms with E-state index in [-0.39, 0.29) is 11.8 Å². The van der Waals surface area contributed by atoms with Crippen molar-refractivity contribution in [3.63, 3.8) is 0 Å². The molecule has 0 unspecified atom stereocenters. The van der Waals surface area contributed by atoms with Gasteiger partial charge in [0.15, 0.2) is 0 Å². The molecule has 0 N–H and O–H groups in total. The Labute approximate surface area is 67.9 Å². The first-order chi connectivity index (χ1) is 5.75. The molecule has 6 heteroatoms. The van der Waals surface area contributed by atoms with Crippen LogP contribution in [0.5, 0.6) is 0 Å². The average molecular weight is 169 g/mol. The lowest BCUT2D eigenvalue weighted by Gasteiger charge is -1.92. The molecule has 0 radical (unpaired) electrons. The molecule has 0 aromatic carbocycles. The number of nitro groups is 1. The summed E-state index contributed by atoms with van der Waals surface area (Å²) in [7, 11) is 0. The summed E-state index contributed by atoms with van der Waals surface area (Å²) < 4.78 is 6.48. The molecular formula is C6H7N3O3. The van der Waals surface area contributed by atoms with E-state index < -0.39 is 4.92 Å². The molecule has 1 aromatic heterocycles. The number of rotatable bonds is 3. The number of epoxide rings is 1. The number of hydrogen-bond acceptors (Lipinski definition) is 4.